The van der Waals surface area contributed by atoms with E-state index in [-0.39, 0.29) is 12.8 Å². The lowest BCUT2D eigenvalue weighted by Gasteiger charge is -2.36. The molecule has 0 heterocycles. The third kappa shape index (κ3) is 3.97. The van der Waals surface area contributed by atoms with Crippen LogP contribution in [0.1, 0.15) is 52.4 Å². The van der Waals surface area contributed by atoms with Gasteiger partial charge in [-0.1, -0.05) is 39.5 Å². The predicted molar refractivity (Wildman–Crippen MR) is 59.9 cm³/mol. The molecule has 0 aliphatic rings. The van der Waals surface area contributed by atoms with Crippen molar-refractivity contribution < 1.29 is 27.5 Å². The Bertz CT molecular complexity index is 264. The molecule has 0 radical (unpaired) electrons. The quantitative estimate of drug-likeness (QED) is 0.694. The van der Waals surface area contributed by atoms with E-state index in [1.807, 2.05) is 0 Å². The Labute approximate surface area is 99.6 Å². The van der Waals surface area contributed by atoms with Gasteiger partial charge in [0.15, 0.2) is 5.16 Å². The zero-order valence-corrected chi connectivity index (χ0v) is 11.0. The fourth-order valence-electron chi connectivity index (χ4n) is 1.80. The topological polar surface area (TPSA) is 57.5 Å². The van der Waals surface area contributed by atoms with Crippen molar-refractivity contribution in [3.63, 3.8) is 0 Å². The molecule has 0 amide bonds. The minimum absolute atomic E-state index is 0.161. The second kappa shape index (κ2) is 6.21. The van der Waals surface area contributed by atoms with Crippen LogP contribution in [-0.4, -0.2) is 21.1 Å². The first-order valence-electron chi connectivity index (χ1n) is 5.74. The zero-order chi connectivity index (χ0) is 13.7. The third-order valence-electron chi connectivity index (χ3n) is 2.97. The molecule has 104 valence electrons. The van der Waals surface area contributed by atoms with E-state index in [4.69, 9.17) is 9.79 Å². The standard InChI is InChI=1S/C10H20F3O3P/c1-3-5-7-9(8-6-4-2,10(11,12)13)17(14,15)16/h3-8H2,1-2H3,(H2,14,15,16). The van der Waals surface area contributed by atoms with Crippen LogP contribution in [0, 0.1) is 0 Å². The lowest BCUT2D eigenvalue weighted by atomic mass is 9.94. The monoisotopic (exact) mass is 276 g/mol. The molecule has 0 bridgehead atoms. The molecule has 17 heavy (non-hydrogen) atoms. The SMILES string of the molecule is CCCCC(CCCC)(C(F)(F)F)P(=O)(O)O. The average molecular weight is 276 g/mol. The minimum atomic E-state index is -5.21. The average Bonchev–Trinajstić information content (AvgIpc) is 2.14. The van der Waals surface area contributed by atoms with Gasteiger partial charge < -0.3 is 9.79 Å². The molecule has 0 aromatic heterocycles. The van der Waals surface area contributed by atoms with Gasteiger partial charge in [-0.15, -0.1) is 0 Å². The summed E-state index contributed by atoms with van der Waals surface area (Å²) in [6, 6.07) is 0. The Hall–Kier alpha value is -0.0600. The van der Waals surface area contributed by atoms with Gasteiger partial charge in [0.05, 0.1) is 0 Å². The van der Waals surface area contributed by atoms with Gasteiger partial charge in [-0.05, 0) is 12.8 Å². The lowest BCUT2D eigenvalue weighted by molar-refractivity contribution is -0.170. The molecule has 0 atom stereocenters. The summed E-state index contributed by atoms with van der Waals surface area (Å²) < 4.78 is 50.4. The molecule has 0 rings (SSSR count). The molecule has 3 nitrogen and oxygen atoms in total. The highest BCUT2D eigenvalue weighted by molar-refractivity contribution is 7.53. The highest BCUT2D eigenvalue weighted by Gasteiger charge is 2.64. The van der Waals surface area contributed by atoms with E-state index in [9.17, 15) is 17.7 Å². The van der Waals surface area contributed by atoms with E-state index in [1.165, 1.54) is 0 Å². The van der Waals surface area contributed by atoms with Crippen LogP contribution < -0.4 is 0 Å². The molecular formula is C10H20F3O3P. The number of alkyl halides is 3. The summed E-state index contributed by atoms with van der Waals surface area (Å²) in [4.78, 5) is 18.2. The highest BCUT2D eigenvalue weighted by atomic mass is 31.2. The fourth-order valence-corrected chi connectivity index (χ4v) is 3.03. The van der Waals surface area contributed by atoms with E-state index in [0.29, 0.717) is 12.8 Å². The van der Waals surface area contributed by atoms with Crippen LogP contribution in [0.2, 0.25) is 0 Å². The van der Waals surface area contributed by atoms with Crippen LogP contribution in [0.3, 0.4) is 0 Å². The normalized spacial score (nSPS) is 14.1. The molecule has 0 aromatic carbocycles. The van der Waals surface area contributed by atoms with Crippen molar-refractivity contribution in [2.45, 2.75) is 63.7 Å². The molecule has 0 aliphatic heterocycles. The van der Waals surface area contributed by atoms with Gasteiger partial charge >= 0.3 is 13.8 Å². The molecule has 2 N–H and O–H groups in total. The maximum atomic E-state index is 13.0. The summed E-state index contributed by atoms with van der Waals surface area (Å²) in [6.07, 6.45) is -4.60. The Morgan fingerprint density at radius 1 is 1.00 bits per heavy atom. The van der Waals surface area contributed by atoms with Gasteiger partial charge in [-0.2, -0.15) is 13.2 Å². The first-order chi connectivity index (χ1) is 7.62. The summed E-state index contributed by atoms with van der Waals surface area (Å²) in [6.45, 7) is 3.39. The zero-order valence-electron chi connectivity index (χ0n) is 10.1. The van der Waals surface area contributed by atoms with E-state index in [1.54, 1.807) is 13.8 Å². The van der Waals surface area contributed by atoms with Gasteiger partial charge in [0.2, 0.25) is 0 Å². The van der Waals surface area contributed by atoms with Crippen molar-refractivity contribution in [2.75, 3.05) is 0 Å². The summed E-state index contributed by atoms with van der Waals surface area (Å²) in [7, 11) is -5.21. The second-order valence-corrected chi connectivity index (χ2v) is 6.22. The van der Waals surface area contributed by atoms with E-state index < -0.39 is 31.8 Å². The maximum Gasteiger partial charge on any atom is 0.405 e. The molecule has 0 saturated heterocycles. The molecule has 0 aliphatic carbocycles. The van der Waals surface area contributed by atoms with Crippen LogP contribution in [0.15, 0.2) is 0 Å². The van der Waals surface area contributed by atoms with Crippen molar-refractivity contribution >= 4 is 7.60 Å². The van der Waals surface area contributed by atoms with Crippen molar-refractivity contribution in [2.24, 2.45) is 0 Å². The van der Waals surface area contributed by atoms with Crippen LogP contribution in [0.25, 0.3) is 0 Å². The van der Waals surface area contributed by atoms with Gasteiger partial charge in [-0.25, -0.2) is 0 Å². The van der Waals surface area contributed by atoms with Crippen LogP contribution in [0.4, 0.5) is 13.2 Å². The number of hydrogen-bond donors (Lipinski definition) is 2. The van der Waals surface area contributed by atoms with Gasteiger partial charge in [0.1, 0.15) is 0 Å². The Balaban J connectivity index is 5.30. The van der Waals surface area contributed by atoms with Crippen molar-refractivity contribution in [3.8, 4) is 0 Å². The van der Waals surface area contributed by atoms with Crippen molar-refractivity contribution in [3.05, 3.63) is 0 Å². The number of hydrogen-bond acceptors (Lipinski definition) is 1. The van der Waals surface area contributed by atoms with Gasteiger partial charge in [0, 0.05) is 0 Å². The van der Waals surface area contributed by atoms with Gasteiger partial charge in [0.25, 0.3) is 0 Å². The lowest BCUT2D eigenvalue weighted by Crippen LogP contribution is -2.44. The smallest absolute Gasteiger partial charge is 0.324 e. The molecule has 0 spiro atoms. The first-order valence-corrected chi connectivity index (χ1v) is 7.36. The maximum absolute atomic E-state index is 13.0. The van der Waals surface area contributed by atoms with Gasteiger partial charge in [-0.3, -0.25) is 4.57 Å². The second-order valence-electron chi connectivity index (χ2n) is 4.28. The van der Waals surface area contributed by atoms with Crippen molar-refractivity contribution in [1.82, 2.24) is 0 Å². The largest absolute Gasteiger partial charge is 0.405 e. The highest BCUT2D eigenvalue weighted by Crippen LogP contribution is 2.63. The summed E-state index contributed by atoms with van der Waals surface area (Å²) in [5.41, 5.74) is 0. The van der Waals surface area contributed by atoms with Crippen molar-refractivity contribution in [1.29, 1.82) is 0 Å². The van der Waals surface area contributed by atoms with E-state index in [2.05, 4.69) is 0 Å². The van der Waals surface area contributed by atoms with Crippen LogP contribution in [-0.2, 0) is 4.57 Å². The molecule has 0 aromatic rings. The van der Waals surface area contributed by atoms with E-state index in [0.717, 1.165) is 0 Å². The Kier molecular flexibility index (Phi) is 6.19. The predicted octanol–water partition coefficient (Wildman–Crippen LogP) is 3.85. The molecule has 7 heteroatoms. The Morgan fingerprint density at radius 2 is 1.35 bits per heavy atom. The fraction of sp³-hybridized carbons (Fsp3) is 1.00. The summed E-state index contributed by atoms with van der Waals surface area (Å²) in [5.74, 6) is 0. The van der Waals surface area contributed by atoms with Crippen LogP contribution >= 0.6 is 7.60 Å². The molecule has 0 unspecified atom stereocenters. The van der Waals surface area contributed by atoms with Crippen LogP contribution in [0.5, 0.6) is 0 Å². The molecular weight excluding hydrogens is 256 g/mol. The third-order valence-corrected chi connectivity index (χ3v) is 4.79. The molecule has 0 saturated carbocycles. The summed E-state index contributed by atoms with van der Waals surface area (Å²) >= 11 is 0. The number of unbranched alkanes of at least 4 members (excludes halogenated alkanes) is 2. The number of halogens is 3. The first kappa shape index (κ1) is 16.9. The minimum Gasteiger partial charge on any atom is -0.324 e. The van der Waals surface area contributed by atoms with E-state index >= 15 is 0 Å². The number of rotatable bonds is 7. The Morgan fingerprint density at radius 3 is 1.53 bits per heavy atom. The molecule has 0 fully saturated rings. The summed E-state index contributed by atoms with van der Waals surface area (Å²) in [5, 5.41) is -2.86.